The summed E-state index contributed by atoms with van der Waals surface area (Å²) in [6.07, 6.45) is -5.32. The minimum atomic E-state index is -4.87. The third-order valence-corrected chi connectivity index (χ3v) is 2.66. The summed E-state index contributed by atoms with van der Waals surface area (Å²) < 4.78 is 70.7. The van der Waals surface area contributed by atoms with E-state index in [1.807, 2.05) is 0 Å². The molecular formula is C13H16F3NO5S. The lowest BCUT2D eigenvalue weighted by Gasteiger charge is -2.21. The minimum Gasteiger partial charge on any atom is -0.444 e. The number of alkyl halides is 3. The average molecular weight is 355 g/mol. The van der Waals surface area contributed by atoms with Gasteiger partial charge >= 0.3 is 22.4 Å². The molecule has 0 bridgehead atoms. The standard InChI is InChI=1S/C13H16F3NO5S/c1-12(2,3)21-11(18)17-9-7-5-6-8(13(14,15)16)10(9)22-23(4,19)20/h5-7H,1-4H3,(H,17,18). The summed E-state index contributed by atoms with van der Waals surface area (Å²) in [7, 11) is -4.25. The quantitative estimate of drug-likeness (QED) is 0.841. The van der Waals surface area contributed by atoms with Crippen molar-refractivity contribution in [3.05, 3.63) is 23.8 Å². The highest BCUT2D eigenvalue weighted by Crippen LogP contribution is 2.41. The molecule has 1 rings (SSSR count). The Morgan fingerprint density at radius 2 is 1.74 bits per heavy atom. The van der Waals surface area contributed by atoms with Crippen LogP contribution in [0.1, 0.15) is 26.3 Å². The normalized spacial score (nSPS) is 12.7. The Bertz CT molecular complexity index is 693. The first-order valence-electron chi connectivity index (χ1n) is 6.29. The molecule has 0 heterocycles. The molecule has 23 heavy (non-hydrogen) atoms. The summed E-state index contributed by atoms with van der Waals surface area (Å²) in [5.41, 5.74) is -2.69. The number of nitrogens with one attached hydrogen (secondary N) is 1. The summed E-state index contributed by atoms with van der Waals surface area (Å²) in [5, 5.41) is 2.05. The van der Waals surface area contributed by atoms with Gasteiger partial charge in [-0.1, -0.05) is 6.07 Å². The van der Waals surface area contributed by atoms with Crippen LogP contribution < -0.4 is 9.50 Å². The van der Waals surface area contributed by atoms with Crippen molar-refractivity contribution < 1.29 is 35.3 Å². The number of amides is 1. The van der Waals surface area contributed by atoms with Crippen molar-refractivity contribution in [1.82, 2.24) is 0 Å². The first-order chi connectivity index (χ1) is 10.2. The zero-order chi connectivity index (χ0) is 18.1. The molecule has 0 aromatic heterocycles. The summed E-state index contributed by atoms with van der Waals surface area (Å²) in [5.74, 6) is -1.02. The van der Waals surface area contributed by atoms with Crippen molar-refractivity contribution in [2.24, 2.45) is 0 Å². The van der Waals surface area contributed by atoms with Crippen molar-refractivity contribution in [2.75, 3.05) is 11.6 Å². The Hall–Kier alpha value is -1.97. The molecule has 1 amide bonds. The molecule has 0 aliphatic rings. The van der Waals surface area contributed by atoms with Crippen LogP contribution >= 0.6 is 0 Å². The van der Waals surface area contributed by atoms with Crippen molar-refractivity contribution in [2.45, 2.75) is 32.5 Å². The Morgan fingerprint density at radius 3 is 2.17 bits per heavy atom. The topological polar surface area (TPSA) is 81.7 Å². The van der Waals surface area contributed by atoms with E-state index in [1.165, 1.54) is 0 Å². The van der Waals surface area contributed by atoms with Crippen LogP contribution in [-0.4, -0.2) is 26.4 Å². The Morgan fingerprint density at radius 1 is 1.17 bits per heavy atom. The van der Waals surface area contributed by atoms with E-state index in [4.69, 9.17) is 4.74 Å². The molecule has 0 fully saturated rings. The predicted molar refractivity (Wildman–Crippen MR) is 76.8 cm³/mol. The second kappa shape index (κ2) is 6.26. The molecule has 0 atom stereocenters. The van der Waals surface area contributed by atoms with Gasteiger partial charge in [-0.2, -0.15) is 21.6 Å². The SMILES string of the molecule is CC(C)(C)OC(=O)Nc1cccc(C(F)(F)F)c1OS(C)(=O)=O. The van der Waals surface area contributed by atoms with Crippen LogP contribution in [0, 0.1) is 0 Å². The Kier molecular flexibility index (Phi) is 5.20. The molecule has 1 aromatic rings. The first kappa shape index (κ1) is 19.1. The largest absolute Gasteiger partial charge is 0.444 e. The predicted octanol–water partition coefficient (Wildman–Crippen LogP) is 3.39. The monoisotopic (exact) mass is 355 g/mol. The Labute approximate surface area is 131 Å². The number of rotatable bonds is 3. The second-order valence-corrected chi connectivity index (χ2v) is 7.17. The van der Waals surface area contributed by atoms with Gasteiger partial charge in [0, 0.05) is 0 Å². The molecule has 0 aliphatic heterocycles. The van der Waals surface area contributed by atoms with E-state index in [-0.39, 0.29) is 0 Å². The van der Waals surface area contributed by atoms with Gasteiger partial charge < -0.3 is 8.92 Å². The van der Waals surface area contributed by atoms with Gasteiger partial charge in [0.1, 0.15) is 11.2 Å². The van der Waals surface area contributed by atoms with Crippen LogP contribution in [0.4, 0.5) is 23.7 Å². The van der Waals surface area contributed by atoms with Gasteiger partial charge in [0.2, 0.25) is 0 Å². The summed E-state index contributed by atoms with van der Waals surface area (Å²) >= 11 is 0. The summed E-state index contributed by atoms with van der Waals surface area (Å²) in [6, 6.07) is 2.71. The van der Waals surface area contributed by atoms with Crippen LogP contribution in [0.15, 0.2) is 18.2 Å². The zero-order valence-electron chi connectivity index (χ0n) is 12.8. The van der Waals surface area contributed by atoms with Crippen molar-refractivity contribution in [1.29, 1.82) is 0 Å². The third-order valence-electron chi connectivity index (χ3n) is 2.19. The third kappa shape index (κ3) is 6.35. The molecule has 10 heteroatoms. The van der Waals surface area contributed by atoms with Crippen molar-refractivity contribution >= 4 is 21.9 Å². The van der Waals surface area contributed by atoms with Crippen LogP contribution in [0.3, 0.4) is 0 Å². The van der Waals surface area contributed by atoms with E-state index >= 15 is 0 Å². The molecule has 0 aliphatic carbocycles. The van der Waals surface area contributed by atoms with Gasteiger partial charge in [-0.25, -0.2) is 4.79 Å². The number of halogens is 3. The molecular weight excluding hydrogens is 339 g/mol. The van der Waals surface area contributed by atoms with Crippen LogP contribution in [0.25, 0.3) is 0 Å². The van der Waals surface area contributed by atoms with Crippen molar-refractivity contribution in [3.63, 3.8) is 0 Å². The molecule has 0 radical (unpaired) electrons. The summed E-state index contributed by atoms with van der Waals surface area (Å²) in [4.78, 5) is 11.7. The number of anilines is 1. The molecule has 1 N–H and O–H groups in total. The first-order valence-corrected chi connectivity index (χ1v) is 8.10. The van der Waals surface area contributed by atoms with E-state index < -0.39 is 45.0 Å². The smallest absolute Gasteiger partial charge is 0.420 e. The maximum atomic E-state index is 13.0. The van der Waals surface area contributed by atoms with E-state index in [0.717, 1.165) is 12.1 Å². The minimum absolute atomic E-state index is 0.473. The fraction of sp³-hybridized carbons (Fsp3) is 0.462. The van der Waals surface area contributed by atoms with E-state index in [2.05, 4.69) is 9.50 Å². The van der Waals surface area contributed by atoms with E-state index in [9.17, 15) is 26.4 Å². The number of hydrogen-bond donors (Lipinski definition) is 1. The zero-order valence-corrected chi connectivity index (χ0v) is 13.6. The fourth-order valence-corrected chi connectivity index (χ4v) is 2.00. The lowest BCUT2D eigenvalue weighted by atomic mass is 10.1. The number of carbonyl (C=O) groups excluding carboxylic acids is 1. The van der Waals surface area contributed by atoms with Gasteiger partial charge in [0.25, 0.3) is 0 Å². The Balaban J connectivity index is 3.29. The van der Waals surface area contributed by atoms with Crippen molar-refractivity contribution in [3.8, 4) is 5.75 Å². The number of hydrogen-bond acceptors (Lipinski definition) is 5. The molecule has 0 spiro atoms. The lowest BCUT2D eigenvalue weighted by molar-refractivity contribution is -0.138. The number of carbonyl (C=O) groups is 1. The molecule has 1 aromatic carbocycles. The van der Waals surface area contributed by atoms with Crippen LogP contribution in [-0.2, 0) is 21.0 Å². The molecule has 0 saturated heterocycles. The fourth-order valence-electron chi connectivity index (χ4n) is 1.51. The number of para-hydroxylation sites is 1. The van der Waals surface area contributed by atoms with Crippen LogP contribution in [0.5, 0.6) is 5.75 Å². The van der Waals surface area contributed by atoms with Gasteiger partial charge in [0.15, 0.2) is 5.75 Å². The maximum absolute atomic E-state index is 13.0. The second-order valence-electron chi connectivity index (χ2n) is 5.59. The average Bonchev–Trinajstić information content (AvgIpc) is 2.25. The van der Waals surface area contributed by atoms with Gasteiger partial charge in [-0.05, 0) is 32.9 Å². The molecule has 0 unspecified atom stereocenters. The van der Waals surface area contributed by atoms with Gasteiger partial charge in [-0.3, -0.25) is 5.32 Å². The number of ether oxygens (including phenoxy) is 1. The summed E-state index contributed by atoms with van der Waals surface area (Å²) in [6.45, 7) is 4.69. The molecule has 0 saturated carbocycles. The highest BCUT2D eigenvalue weighted by Gasteiger charge is 2.37. The molecule has 6 nitrogen and oxygen atoms in total. The van der Waals surface area contributed by atoms with E-state index in [0.29, 0.717) is 12.3 Å². The molecule has 130 valence electrons. The van der Waals surface area contributed by atoms with Gasteiger partial charge in [0.05, 0.1) is 11.9 Å². The van der Waals surface area contributed by atoms with E-state index in [1.54, 1.807) is 20.8 Å². The van der Waals surface area contributed by atoms with Crippen LogP contribution in [0.2, 0.25) is 0 Å². The van der Waals surface area contributed by atoms with Gasteiger partial charge in [-0.15, -0.1) is 0 Å². The maximum Gasteiger partial charge on any atom is 0.420 e. The highest BCUT2D eigenvalue weighted by molar-refractivity contribution is 7.86. The lowest BCUT2D eigenvalue weighted by Crippen LogP contribution is -2.27. The highest BCUT2D eigenvalue weighted by atomic mass is 32.2. The number of benzene rings is 1.